The smallest absolute Gasteiger partial charge is 0.272 e. The quantitative estimate of drug-likeness (QED) is 0.736. The zero-order valence-electron chi connectivity index (χ0n) is 16.0. The van der Waals surface area contributed by atoms with Crippen LogP contribution in [0, 0.1) is 11.6 Å². The average molecular weight is 416 g/mol. The molecule has 150 valence electrons. The first-order chi connectivity index (χ1) is 13.7. The topological polar surface area (TPSA) is 66.5 Å². The second kappa shape index (κ2) is 8.16. The lowest BCUT2D eigenvalue weighted by atomic mass is 10.1. The van der Waals surface area contributed by atoms with Crippen molar-refractivity contribution in [1.29, 1.82) is 0 Å². The van der Waals surface area contributed by atoms with Gasteiger partial charge in [-0.25, -0.2) is 13.7 Å². The third-order valence-corrected chi connectivity index (χ3v) is 5.14. The molecule has 1 aliphatic rings. The van der Waals surface area contributed by atoms with E-state index in [1.54, 1.807) is 24.3 Å². The van der Waals surface area contributed by atoms with E-state index in [1.807, 2.05) is 13.8 Å². The lowest BCUT2D eigenvalue weighted by molar-refractivity contribution is -0.120. The predicted octanol–water partition coefficient (Wildman–Crippen LogP) is 4.35. The van der Waals surface area contributed by atoms with Crippen LogP contribution in [0.2, 0.25) is 0 Å². The van der Waals surface area contributed by atoms with Gasteiger partial charge in [0.25, 0.3) is 11.8 Å². The summed E-state index contributed by atoms with van der Waals surface area (Å²) in [6, 6.07) is 9.39. The van der Waals surface area contributed by atoms with Crippen molar-refractivity contribution in [3.8, 4) is 0 Å². The lowest BCUT2D eigenvalue weighted by Gasteiger charge is -2.15. The Hall–Kier alpha value is -3.00. The molecular weight excluding hydrogens is 398 g/mol. The molecule has 0 aliphatic carbocycles. The SMILES string of the molecule is CC(=O)Nc1ccc(C2=C(SC(C)C)C(=O)N(c3ccc(F)c(F)c3)C2=O)cc1. The Morgan fingerprint density at radius 2 is 1.66 bits per heavy atom. The van der Waals surface area contributed by atoms with Crippen molar-refractivity contribution < 1.29 is 23.2 Å². The monoisotopic (exact) mass is 416 g/mol. The summed E-state index contributed by atoms with van der Waals surface area (Å²) < 4.78 is 27.0. The zero-order chi connectivity index (χ0) is 21.3. The van der Waals surface area contributed by atoms with E-state index in [0.29, 0.717) is 11.3 Å². The van der Waals surface area contributed by atoms with Crippen LogP contribution in [0.4, 0.5) is 20.2 Å². The number of rotatable bonds is 5. The lowest BCUT2D eigenvalue weighted by Crippen LogP contribution is -2.31. The Labute approximate surface area is 170 Å². The molecular formula is C21H18F2N2O3S. The predicted molar refractivity (Wildman–Crippen MR) is 109 cm³/mol. The van der Waals surface area contributed by atoms with Gasteiger partial charge in [0, 0.05) is 23.9 Å². The maximum absolute atomic E-state index is 13.7. The van der Waals surface area contributed by atoms with Gasteiger partial charge in [-0.05, 0) is 29.8 Å². The van der Waals surface area contributed by atoms with Gasteiger partial charge in [0.05, 0.1) is 16.2 Å². The van der Waals surface area contributed by atoms with E-state index in [9.17, 15) is 23.2 Å². The van der Waals surface area contributed by atoms with E-state index in [2.05, 4.69) is 5.32 Å². The van der Waals surface area contributed by atoms with Gasteiger partial charge in [0.2, 0.25) is 5.91 Å². The van der Waals surface area contributed by atoms with Gasteiger partial charge in [-0.15, -0.1) is 11.8 Å². The van der Waals surface area contributed by atoms with E-state index in [4.69, 9.17) is 0 Å². The molecule has 29 heavy (non-hydrogen) atoms. The molecule has 8 heteroatoms. The second-order valence-electron chi connectivity index (χ2n) is 6.67. The number of hydrogen-bond acceptors (Lipinski definition) is 4. The summed E-state index contributed by atoms with van der Waals surface area (Å²) >= 11 is 1.23. The standard InChI is InChI=1S/C21H18F2N2O3S/c1-11(2)29-19-18(13-4-6-14(7-5-13)24-12(3)26)20(27)25(21(19)28)15-8-9-16(22)17(23)10-15/h4-11H,1-3H3,(H,24,26). The van der Waals surface area contributed by atoms with Crippen molar-refractivity contribution in [2.75, 3.05) is 10.2 Å². The molecule has 0 radical (unpaired) electrons. The first-order valence-corrected chi connectivity index (χ1v) is 9.69. The van der Waals surface area contributed by atoms with E-state index < -0.39 is 23.4 Å². The van der Waals surface area contributed by atoms with E-state index in [0.717, 1.165) is 17.0 Å². The normalized spacial score (nSPS) is 14.2. The van der Waals surface area contributed by atoms with Crippen LogP contribution in [-0.4, -0.2) is 23.0 Å². The minimum Gasteiger partial charge on any atom is -0.326 e. The summed E-state index contributed by atoms with van der Waals surface area (Å²) in [6.07, 6.45) is 0. The molecule has 0 saturated heterocycles. The molecule has 1 heterocycles. The third-order valence-electron chi connectivity index (χ3n) is 4.05. The molecule has 1 aliphatic heterocycles. The summed E-state index contributed by atoms with van der Waals surface area (Å²) in [5.74, 6) is -3.64. The first-order valence-electron chi connectivity index (χ1n) is 8.82. The number of thioether (sulfide) groups is 1. The minimum atomic E-state index is -1.14. The summed E-state index contributed by atoms with van der Waals surface area (Å²) in [6.45, 7) is 5.15. The highest BCUT2D eigenvalue weighted by atomic mass is 32.2. The van der Waals surface area contributed by atoms with Crippen LogP contribution in [0.3, 0.4) is 0 Å². The molecule has 5 nitrogen and oxygen atoms in total. The van der Waals surface area contributed by atoms with Crippen LogP contribution in [0.5, 0.6) is 0 Å². The van der Waals surface area contributed by atoms with Gasteiger partial charge in [-0.3, -0.25) is 14.4 Å². The molecule has 0 saturated carbocycles. The van der Waals surface area contributed by atoms with Crippen LogP contribution in [0.1, 0.15) is 26.3 Å². The number of carbonyl (C=O) groups excluding carboxylic acids is 3. The largest absolute Gasteiger partial charge is 0.326 e. The number of halogens is 2. The maximum atomic E-state index is 13.7. The van der Waals surface area contributed by atoms with E-state index >= 15 is 0 Å². The molecule has 3 amide bonds. The highest BCUT2D eigenvalue weighted by Crippen LogP contribution is 2.40. The molecule has 0 aromatic heterocycles. The van der Waals surface area contributed by atoms with Crippen LogP contribution in [0.25, 0.3) is 5.57 Å². The van der Waals surface area contributed by atoms with Gasteiger partial charge in [0.1, 0.15) is 0 Å². The zero-order valence-corrected chi connectivity index (χ0v) is 16.8. The van der Waals surface area contributed by atoms with Gasteiger partial charge in [0.15, 0.2) is 11.6 Å². The number of benzene rings is 2. The van der Waals surface area contributed by atoms with Crippen LogP contribution in [0.15, 0.2) is 47.4 Å². The minimum absolute atomic E-state index is 0.0142. The van der Waals surface area contributed by atoms with E-state index in [1.165, 1.54) is 24.8 Å². The van der Waals surface area contributed by atoms with Gasteiger partial charge in [-0.2, -0.15) is 0 Å². The maximum Gasteiger partial charge on any atom is 0.272 e. The summed E-state index contributed by atoms with van der Waals surface area (Å²) in [4.78, 5) is 38.4. The van der Waals surface area contributed by atoms with Crippen molar-refractivity contribution >= 4 is 46.4 Å². The number of anilines is 2. The van der Waals surface area contributed by atoms with Crippen LogP contribution >= 0.6 is 11.8 Å². The highest BCUT2D eigenvalue weighted by Gasteiger charge is 2.40. The fourth-order valence-corrected chi connectivity index (χ4v) is 3.88. The van der Waals surface area contributed by atoms with Gasteiger partial charge in [-0.1, -0.05) is 26.0 Å². The molecule has 0 fully saturated rings. The molecule has 3 rings (SSSR count). The Balaban J connectivity index is 2.05. The molecule has 0 atom stereocenters. The fraction of sp³-hybridized carbons (Fsp3) is 0.190. The number of nitrogens with zero attached hydrogens (tertiary/aromatic N) is 1. The van der Waals surface area contributed by atoms with Crippen molar-refractivity contribution in [2.45, 2.75) is 26.0 Å². The summed E-state index contributed by atoms with van der Waals surface area (Å²) in [7, 11) is 0. The molecule has 1 N–H and O–H groups in total. The number of amides is 3. The van der Waals surface area contributed by atoms with Crippen LogP contribution < -0.4 is 10.2 Å². The average Bonchev–Trinajstić information content (AvgIpc) is 2.87. The third kappa shape index (κ3) is 4.22. The van der Waals surface area contributed by atoms with Crippen molar-refractivity contribution in [2.24, 2.45) is 0 Å². The van der Waals surface area contributed by atoms with Gasteiger partial charge >= 0.3 is 0 Å². The highest BCUT2D eigenvalue weighted by molar-refractivity contribution is 8.04. The number of carbonyl (C=O) groups is 3. The van der Waals surface area contributed by atoms with Gasteiger partial charge < -0.3 is 5.32 Å². The van der Waals surface area contributed by atoms with Crippen LogP contribution in [-0.2, 0) is 14.4 Å². The summed E-state index contributed by atoms with van der Waals surface area (Å²) in [5, 5.41) is 2.65. The summed E-state index contributed by atoms with van der Waals surface area (Å²) in [5.41, 5.74) is 1.19. The Kier molecular flexibility index (Phi) is 5.83. The molecule has 2 aromatic rings. The Morgan fingerprint density at radius 1 is 1.00 bits per heavy atom. The molecule has 0 unspecified atom stereocenters. The Bertz CT molecular complexity index is 1030. The van der Waals surface area contributed by atoms with Crippen molar-refractivity contribution in [3.63, 3.8) is 0 Å². The number of nitrogens with one attached hydrogen (secondary N) is 1. The molecule has 0 spiro atoms. The second-order valence-corrected chi connectivity index (χ2v) is 8.26. The van der Waals surface area contributed by atoms with E-state index in [-0.39, 0.29) is 27.3 Å². The molecule has 0 bridgehead atoms. The van der Waals surface area contributed by atoms with Crippen molar-refractivity contribution in [3.05, 3.63) is 64.6 Å². The Morgan fingerprint density at radius 3 is 2.21 bits per heavy atom. The number of hydrogen-bond donors (Lipinski definition) is 1. The van der Waals surface area contributed by atoms with Crippen molar-refractivity contribution in [1.82, 2.24) is 0 Å². The number of imide groups is 1. The first kappa shape index (κ1) is 20.7. The fourth-order valence-electron chi connectivity index (χ4n) is 2.89. The molecule has 2 aromatic carbocycles.